The normalized spacial score (nSPS) is 20.4. The zero-order valence-electron chi connectivity index (χ0n) is 15.7. The predicted molar refractivity (Wildman–Crippen MR) is 106 cm³/mol. The molecule has 1 saturated heterocycles. The molecule has 0 aliphatic carbocycles. The zero-order valence-corrected chi connectivity index (χ0v) is 15.7. The summed E-state index contributed by atoms with van der Waals surface area (Å²) in [5, 5.41) is 14.2. The summed E-state index contributed by atoms with van der Waals surface area (Å²) in [7, 11) is 0. The molecule has 3 aliphatic rings. The first-order valence-electron chi connectivity index (χ1n) is 9.94. The van der Waals surface area contributed by atoms with Crippen molar-refractivity contribution >= 4 is 5.71 Å². The number of fused-ring (bicyclic) bond motifs is 1. The van der Waals surface area contributed by atoms with Crippen LogP contribution in [0.1, 0.15) is 48.4 Å². The molecule has 2 N–H and O–H groups in total. The summed E-state index contributed by atoms with van der Waals surface area (Å²) in [5.74, 6) is 2.26. The Labute approximate surface area is 164 Å². The van der Waals surface area contributed by atoms with Crippen LogP contribution >= 0.6 is 0 Å². The lowest BCUT2D eigenvalue weighted by atomic mass is 9.97. The minimum Gasteiger partial charge on any atom is -0.504 e. The van der Waals surface area contributed by atoms with Gasteiger partial charge in [-0.3, -0.25) is 4.99 Å². The fourth-order valence-corrected chi connectivity index (χ4v) is 4.26. The Balaban J connectivity index is 1.42. The Hall–Kier alpha value is -2.73. The van der Waals surface area contributed by atoms with E-state index in [1.54, 1.807) is 6.07 Å². The molecule has 0 saturated carbocycles. The Morgan fingerprint density at radius 1 is 1.18 bits per heavy atom. The van der Waals surface area contributed by atoms with Gasteiger partial charge in [0.25, 0.3) is 0 Å². The highest BCUT2D eigenvalue weighted by molar-refractivity contribution is 6.04. The van der Waals surface area contributed by atoms with Crippen molar-refractivity contribution in [2.24, 2.45) is 4.99 Å². The van der Waals surface area contributed by atoms with Gasteiger partial charge in [0.2, 0.25) is 6.79 Å². The molecule has 0 bridgehead atoms. The first-order chi connectivity index (χ1) is 13.8. The van der Waals surface area contributed by atoms with Gasteiger partial charge in [0, 0.05) is 29.4 Å². The number of aliphatic imine (C=N–C) groups is 1. The summed E-state index contributed by atoms with van der Waals surface area (Å²) in [6.07, 6.45) is 4.14. The molecule has 1 fully saturated rings. The van der Waals surface area contributed by atoms with Crippen LogP contribution < -0.4 is 19.5 Å². The standard InChI is InChI=1S/C22H24N2O4/c25-21-15(16-5-2-10-23-16)4-1-7-18(21)26-12-14-8-9-19-22(28-13-27-19)20(14)17-6-3-11-24-17/h1,4,7-9,17,24-25H,2-3,5-6,10-13H2. The smallest absolute Gasteiger partial charge is 0.231 e. The van der Waals surface area contributed by atoms with Crippen LogP contribution in [0.15, 0.2) is 35.3 Å². The number of benzene rings is 2. The van der Waals surface area contributed by atoms with Gasteiger partial charge < -0.3 is 24.6 Å². The first-order valence-corrected chi connectivity index (χ1v) is 9.94. The van der Waals surface area contributed by atoms with Crippen molar-refractivity contribution < 1.29 is 19.3 Å². The van der Waals surface area contributed by atoms with E-state index in [2.05, 4.69) is 10.3 Å². The van der Waals surface area contributed by atoms with Crippen LogP contribution in [0.3, 0.4) is 0 Å². The Kier molecular flexibility index (Phi) is 4.56. The van der Waals surface area contributed by atoms with Crippen LogP contribution in [0, 0.1) is 0 Å². The third-order valence-corrected chi connectivity index (χ3v) is 5.64. The van der Waals surface area contributed by atoms with E-state index in [0.717, 1.165) is 72.7 Å². The van der Waals surface area contributed by atoms with Gasteiger partial charge in [-0.15, -0.1) is 0 Å². The van der Waals surface area contributed by atoms with E-state index in [0.29, 0.717) is 12.4 Å². The van der Waals surface area contributed by atoms with Crippen molar-refractivity contribution in [3.05, 3.63) is 47.0 Å². The largest absolute Gasteiger partial charge is 0.504 e. The molecule has 0 amide bonds. The average Bonchev–Trinajstić information content (AvgIpc) is 3.49. The molecule has 3 aliphatic heterocycles. The minimum atomic E-state index is 0.171. The van der Waals surface area contributed by atoms with Crippen molar-refractivity contribution in [1.29, 1.82) is 0 Å². The van der Waals surface area contributed by atoms with E-state index in [4.69, 9.17) is 14.2 Å². The number of rotatable bonds is 5. The highest BCUT2D eigenvalue weighted by Crippen LogP contribution is 2.43. The number of phenolic OH excluding ortho intramolecular Hbond substituents is 1. The summed E-state index contributed by atoms with van der Waals surface area (Å²) in [6.45, 7) is 2.44. The monoisotopic (exact) mass is 380 g/mol. The molecule has 0 radical (unpaired) electrons. The summed E-state index contributed by atoms with van der Waals surface area (Å²) in [4.78, 5) is 4.49. The fourth-order valence-electron chi connectivity index (χ4n) is 4.26. The number of hydrogen-bond donors (Lipinski definition) is 2. The van der Waals surface area contributed by atoms with Crippen LogP contribution in [0.25, 0.3) is 0 Å². The highest BCUT2D eigenvalue weighted by atomic mass is 16.7. The maximum atomic E-state index is 10.7. The molecular formula is C22H24N2O4. The second-order valence-electron chi connectivity index (χ2n) is 7.39. The molecular weight excluding hydrogens is 356 g/mol. The molecule has 28 heavy (non-hydrogen) atoms. The molecule has 3 heterocycles. The molecule has 1 atom stereocenters. The molecule has 5 rings (SSSR count). The Morgan fingerprint density at radius 3 is 2.96 bits per heavy atom. The number of hydrogen-bond acceptors (Lipinski definition) is 6. The Morgan fingerprint density at radius 2 is 2.14 bits per heavy atom. The first kappa shape index (κ1) is 17.4. The van der Waals surface area contributed by atoms with E-state index in [9.17, 15) is 5.11 Å². The minimum absolute atomic E-state index is 0.171. The van der Waals surface area contributed by atoms with Crippen molar-refractivity contribution in [3.8, 4) is 23.0 Å². The van der Waals surface area contributed by atoms with Gasteiger partial charge in [-0.05, 0) is 56.0 Å². The lowest BCUT2D eigenvalue weighted by Crippen LogP contribution is -2.16. The second-order valence-corrected chi connectivity index (χ2v) is 7.39. The topological polar surface area (TPSA) is 72.3 Å². The van der Waals surface area contributed by atoms with Gasteiger partial charge in [-0.2, -0.15) is 0 Å². The average molecular weight is 380 g/mol. The second kappa shape index (κ2) is 7.36. The molecule has 2 aromatic carbocycles. The molecule has 2 aromatic rings. The summed E-state index contributed by atoms with van der Waals surface area (Å²) < 4.78 is 17.4. The quantitative estimate of drug-likeness (QED) is 0.827. The van der Waals surface area contributed by atoms with Crippen LogP contribution in [-0.4, -0.2) is 30.7 Å². The number of ether oxygens (including phenoxy) is 3. The number of nitrogens with one attached hydrogen (secondary N) is 1. The van der Waals surface area contributed by atoms with Crippen molar-refractivity contribution in [2.75, 3.05) is 19.9 Å². The highest BCUT2D eigenvalue weighted by Gasteiger charge is 2.29. The number of aromatic hydroxyl groups is 1. The zero-order chi connectivity index (χ0) is 18.9. The number of phenols is 1. The van der Waals surface area contributed by atoms with Crippen LogP contribution in [-0.2, 0) is 6.61 Å². The third kappa shape index (κ3) is 3.07. The van der Waals surface area contributed by atoms with Crippen molar-refractivity contribution in [1.82, 2.24) is 5.32 Å². The van der Waals surface area contributed by atoms with E-state index in [1.807, 2.05) is 24.3 Å². The van der Waals surface area contributed by atoms with E-state index < -0.39 is 0 Å². The fraction of sp³-hybridized carbons (Fsp3) is 0.409. The van der Waals surface area contributed by atoms with Gasteiger partial charge in [0.05, 0.1) is 0 Å². The van der Waals surface area contributed by atoms with Gasteiger partial charge in [-0.1, -0.05) is 12.1 Å². The maximum absolute atomic E-state index is 10.7. The van der Waals surface area contributed by atoms with Crippen molar-refractivity contribution in [2.45, 2.75) is 38.3 Å². The Bertz CT molecular complexity index is 919. The molecule has 0 aromatic heterocycles. The summed E-state index contributed by atoms with van der Waals surface area (Å²) in [5.41, 5.74) is 3.90. The SMILES string of the molecule is Oc1c(OCc2ccc3c(c2C2CCCN2)OCO3)cccc1C1=NCCC1. The van der Waals surface area contributed by atoms with Crippen LogP contribution in [0.4, 0.5) is 0 Å². The maximum Gasteiger partial charge on any atom is 0.231 e. The van der Waals surface area contributed by atoms with Gasteiger partial charge >= 0.3 is 0 Å². The lowest BCUT2D eigenvalue weighted by molar-refractivity contribution is 0.172. The molecule has 1 unspecified atom stereocenters. The summed E-state index contributed by atoms with van der Waals surface area (Å²) in [6, 6.07) is 9.82. The molecule has 146 valence electrons. The third-order valence-electron chi connectivity index (χ3n) is 5.64. The van der Waals surface area contributed by atoms with E-state index >= 15 is 0 Å². The van der Waals surface area contributed by atoms with E-state index in [1.165, 1.54) is 0 Å². The number of para-hydroxylation sites is 1. The molecule has 0 spiro atoms. The van der Waals surface area contributed by atoms with Crippen molar-refractivity contribution in [3.63, 3.8) is 0 Å². The van der Waals surface area contributed by atoms with Gasteiger partial charge in [0.1, 0.15) is 6.61 Å². The molecule has 6 heteroatoms. The predicted octanol–water partition coefficient (Wildman–Crippen LogP) is 3.71. The number of nitrogens with zero attached hydrogens (tertiary/aromatic N) is 1. The van der Waals surface area contributed by atoms with Gasteiger partial charge in [0.15, 0.2) is 23.0 Å². The molecule has 6 nitrogen and oxygen atoms in total. The van der Waals surface area contributed by atoms with E-state index in [-0.39, 0.29) is 18.6 Å². The van der Waals surface area contributed by atoms with Crippen LogP contribution in [0.5, 0.6) is 23.0 Å². The van der Waals surface area contributed by atoms with Gasteiger partial charge in [-0.25, -0.2) is 0 Å². The van der Waals surface area contributed by atoms with Crippen LogP contribution in [0.2, 0.25) is 0 Å². The summed E-state index contributed by atoms with van der Waals surface area (Å²) >= 11 is 0. The lowest BCUT2D eigenvalue weighted by Gasteiger charge is -2.19.